The van der Waals surface area contributed by atoms with Crippen LogP contribution in [0.2, 0.25) is 0 Å². The van der Waals surface area contributed by atoms with E-state index in [0.29, 0.717) is 17.8 Å². The zero-order valence-corrected chi connectivity index (χ0v) is 9.37. The summed E-state index contributed by atoms with van der Waals surface area (Å²) in [6.07, 6.45) is 0.672. The lowest BCUT2D eigenvalue weighted by molar-refractivity contribution is 0.629. The summed E-state index contributed by atoms with van der Waals surface area (Å²) in [7, 11) is 0. The van der Waals surface area contributed by atoms with Crippen LogP contribution in [0.4, 0.5) is 4.39 Å². The van der Waals surface area contributed by atoms with E-state index in [1.165, 1.54) is 12.1 Å². The fourth-order valence-electron chi connectivity index (χ4n) is 1.76. The number of nitrogens with zero attached hydrogens (tertiary/aromatic N) is 2. The quantitative estimate of drug-likeness (QED) is 0.840. The molecule has 1 atom stereocenters. The van der Waals surface area contributed by atoms with Gasteiger partial charge in [0.2, 0.25) is 0 Å². The predicted octanol–water partition coefficient (Wildman–Crippen LogP) is 1.97. The summed E-state index contributed by atoms with van der Waals surface area (Å²) < 4.78 is 13.1. The van der Waals surface area contributed by atoms with Crippen molar-refractivity contribution in [2.75, 3.05) is 0 Å². The lowest BCUT2D eigenvalue weighted by Gasteiger charge is -2.08. The first-order valence-electron chi connectivity index (χ1n) is 5.24. The monoisotopic (exact) mass is 219 g/mol. The predicted molar refractivity (Wildman–Crippen MR) is 61.6 cm³/mol. The van der Waals surface area contributed by atoms with Crippen molar-refractivity contribution in [2.45, 2.75) is 26.3 Å². The highest BCUT2D eigenvalue weighted by Gasteiger charge is 2.08. The molecule has 0 saturated carbocycles. The molecule has 0 radical (unpaired) electrons. The standard InChI is InChI=1S/C12H14FN3/c1-7(14)5-11-10-4-3-9(13)6-12(10)16-8(2)15-11/h3-4,6-7H,5,14H2,1-2H3. The van der Waals surface area contributed by atoms with E-state index in [9.17, 15) is 4.39 Å². The summed E-state index contributed by atoms with van der Waals surface area (Å²) in [5, 5.41) is 0.879. The second-order valence-corrected chi connectivity index (χ2v) is 4.06. The molecule has 4 heteroatoms. The van der Waals surface area contributed by atoms with Crippen LogP contribution >= 0.6 is 0 Å². The second kappa shape index (κ2) is 4.14. The largest absolute Gasteiger partial charge is 0.328 e. The molecule has 1 aromatic heterocycles. The Morgan fingerprint density at radius 3 is 2.81 bits per heavy atom. The molecule has 16 heavy (non-hydrogen) atoms. The Morgan fingerprint density at radius 1 is 1.38 bits per heavy atom. The van der Waals surface area contributed by atoms with Crippen molar-refractivity contribution in [3.63, 3.8) is 0 Å². The van der Waals surface area contributed by atoms with Crippen molar-refractivity contribution in [1.29, 1.82) is 0 Å². The van der Waals surface area contributed by atoms with Gasteiger partial charge in [0.1, 0.15) is 11.6 Å². The molecule has 0 fully saturated rings. The number of benzene rings is 1. The van der Waals surface area contributed by atoms with Gasteiger partial charge in [0, 0.05) is 23.9 Å². The van der Waals surface area contributed by atoms with Crippen molar-refractivity contribution in [1.82, 2.24) is 9.97 Å². The smallest absolute Gasteiger partial charge is 0.126 e. The van der Waals surface area contributed by atoms with Gasteiger partial charge in [-0.2, -0.15) is 0 Å². The number of aromatic nitrogens is 2. The summed E-state index contributed by atoms with van der Waals surface area (Å²) in [5.74, 6) is 0.367. The first kappa shape index (κ1) is 11.0. The van der Waals surface area contributed by atoms with Gasteiger partial charge in [-0.15, -0.1) is 0 Å². The first-order chi connectivity index (χ1) is 7.56. The Hall–Kier alpha value is -1.55. The maximum Gasteiger partial charge on any atom is 0.126 e. The molecule has 0 aliphatic rings. The summed E-state index contributed by atoms with van der Waals surface area (Å²) in [6.45, 7) is 3.72. The fourth-order valence-corrected chi connectivity index (χ4v) is 1.76. The molecule has 0 aliphatic carbocycles. The van der Waals surface area contributed by atoms with Crippen LogP contribution in [-0.4, -0.2) is 16.0 Å². The molecule has 84 valence electrons. The lowest BCUT2D eigenvalue weighted by Crippen LogP contribution is -2.19. The molecule has 2 aromatic rings. The van der Waals surface area contributed by atoms with Crippen LogP contribution in [0.1, 0.15) is 18.4 Å². The molecule has 1 unspecified atom stereocenters. The van der Waals surface area contributed by atoms with Gasteiger partial charge in [0.15, 0.2) is 0 Å². The molecule has 0 saturated heterocycles. The van der Waals surface area contributed by atoms with Crippen LogP contribution in [0.15, 0.2) is 18.2 Å². The number of aryl methyl sites for hydroxylation is 1. The van der Waals surface area contributed by atoms with E-state index in [-0.39, 0.29) is 11.9 Å². The highest BCUT2D eigenvalue weighted by Crippen LogP contribution is 2.18. The van der Waals surface area contributed by atoms with E-state index in [4.69, 9.17) is 5.73 Å². The Morgan fingerprint density at radius 2 is 2.12 bits per heavy atom. The van der Waals surface area contributed by atoms with Crippen LogP contribution in [0.3, 0.4) is 0 Å². The second-order valence-electron chi connectivity index (χ2n) is 4.06. The molecule has 0 amide bonds. The minimum absolute atomic E-state index is 0.0301. The van der Waals surface area contributed by atoms with Crippen molar-refractivity contribution in [3.8, 4) is 0 Å². The third-order valence-electron chi connectivity index (χ3n) is 2.37. The minimum Gasteiger partial charge on any atom is -0.328 e. The average molecular weight is 219 g/mol. The van der Waals surface area contributed by atoms with Crippen LogP contribution < -0.4 is 5.73 Å². The Labute approximate surface area is 93.5 Å². The maximum atomic E-state index is 13.1. The van der Waals surface area contributed by atoms with Crippen LogP contribution in [-0.2, 0) is 6.42 Å². The summed E-state index contributed by atoms with van der Waals surface area (Å²) in [5.41, 5.74) is 7.29. The van der Waals surface area contributed by atoms with Crippen molar-refractivity contribution < 1.29 is 4.39 Å². The topological polar surface area (TPSA) is 51.8 Å². The Kier molecular flexibility index (Phi) is 2.83. The maximum absolute atomic E-state index is 13.1. The molecule has 3 nitrogen and oxygen atoms in total. The summed E-state index contributed by atoms with van der Waals surface area (Å²) in [4.78, 5) is 8.57. The molecule has 2 N–H and O–H groups in total. The zero-order valence-electron chi connectivity index (χ0n) is 9.37. The van der Waals surface area contributed by atoms with Gasteiger partial charge in [-0.3, -0.25) is 0 Å². The van der Waals surface area contributed by atoms with Gasteiger partial charge in [-0.1, -0.05) is 0 Å². The van der Waals surface area contributed by atoms with Crippen molar-refractivity contribution in [2.24, 2.45) is 5.73 Å². The van der Waals surface area contributed by atoms with E-state index in [2.05, 4.69) is 9.97 Å². The van der Waals surface area contributed by atoms with E-state index in [1.54, 1.807) is 13.0 Å². The number of fused-ring (bicyclic) bond motifs is 1. The molecule has 0 aliphatic heterocycles. The van der Waals surface area contributed by atoms with Crippen LogP contribution in [0.5, 0.6) is 0 Å². The Balaban J connectivity index is 2.63. The van der Waals surface area contributed by atoms with Crippen molar-refractivity contribution in [3.05, 3.63) is 35.5 Å². The van der Waals surface area contributed by atoms with Crippen LogP contribution in [0.25, 0.3) is 10.9 Å². The van der Waals surface area contributed by atoms with Crippen molar-refractivity contribution >= 4 is 10.9 Å². The van der Waals surface area contributed by atoms with E-state index in [0.717, 1.165) is 11.1 Å². The molecule has 1 aromatic carbocycles. The number of hydrogen-bond donors (Lipinski definition) is 1. The highest BCUT2D eigenvalue weighted by molar-refractivity contribution is 5.81. The lowest BCUT2D eigenvalue weighted by atomic mass is 10.1. The third-order valence-corrected chi connectivity index (χ3v) is 2.37. The number of halogens is 1. The first-order valence-corrected chi connectivity index (χ1v) is 5.24. The summed E-state index contributed by atoms with van der Waals surface area (Å²) in [6, 6.07) is 4.59. The normalized spacial score (nSPS) is 13.0. The molecule has 0 spiro atoms. The third kappa shape index (κ3) is 2.17. The van der Waals surface area contributed by atoms with Gasteiger partial charge in [0.05, 0.1) is 11.2 Å². The molecule has 2 rings (SSSR count). The van der Waals surface area contributed by atoms with E-state index in [1.807, 2.05) is 6.92 Å². The highest BCUT2D eigenvalue weighted by atomic mass is 19.1. The number of rotatable bonds is 2. The molecular formula is C12H14FN3. The average Bonchev–Trinajstić information content (AvgIpc) is 2.15. The van der Waals surface area contributed by atoms with Gasteiger partial charge in [0.25, 0.3) is 0 Å². The van der Waals surface area contributed by atoms with E-state index < -0.39 is 0 Å². The molecule has 0 bridgehead atoms. The summed E-state index contributed by atoms with van der Waals surface area (Å²) >= 11 is 0. The van der Waals surface area contributed by atoms with Gasteiger partial charge < -0.3 is 5.73 Å². The number of nitrogens with two attached hydrogens (primary N) is 1. The minimum atomic E-state index is -0.280. The fraction of sp³-hybridized carbons (Fsp3) is 0.333. The Bertz CT molecular complexity index is 518. The van der Waals surface area contributed by atoms with Gasteiger partial charge >= 0.3 is 0 Å². The van der Waals surface area contributed by atoms with E-state index >= 15 is 0 Å². The molecule has 1 heterocycles. The zero-order chi connectivity index (χ0) is 11.7. The van der Waals surface area contributed by atoms with Gasteiger partial charge in [-0.25, -0.2) is 14.4 Å². The number of hydrogen-bond acceptors (Lipinski definition) is 3. The van der Waals surface area contributed by atoms with Crippen LogP contribution in [0, 0.1) is 12.7 Å². The SMILES string of the molecule is Cc1nc(CC(C)N)c2ccc(F)cc2n1. The molecular weight excluding hydrogens is 205 g/mol. The van der Waals surface area contributed by atoms with Gasteiger partial charge in [-0.05, 0) is 26.0 Å².